The molecule has 32 heavy (non-hydrogen) atoms. The smallest absolute Gasteiger partial charge is 0.411 e. The minimum absolute atomic E-state index is 0. The maximum Gasteiger partial charge on any atom is 0.411 e. The molecule has 178 valence electrons. The summed E-state index contributed by atoms with van der Waals surface area (Å²) < 4.78 is 51.5. The van der Waals surface area contributed by atoms with E-state index in [0.29, 0.717) is 37.8 Å². The molecule has 0 unspecified atom stereocenters. The van der Waals surface area contributed by atoms with Crippen molar-refractivity contribution >= 4 is 29.9 Å². The maximum atomic E-state index is 12.1. The largest absolute Gasteiger partial charge is 0.491 e. The SMILES string of the molecule is CN=C(NCc1ccc(COCC(F)(F)F)cc1)NCc1ccc(OCCOC)cc1.I. The highest BCUT2D eigenvalue weighted by Gasteiger charge is 2.27. The first-order chi connectivity index (χ1) is 14.9. The molecule has 0 saturated heterocycles. The zero-order valence-corrected chi connectivity index (χ0v) is 20.4. The number of halogens is 4. The first-order valence-corrected chi connectivity index (χ1v) is 9.77. The standard InChI is InChI=1S/C22H28F3N3O3.HI/c1-26-21(28-14-18-7-9-20(10-8-18)31-12-11-29-2)27-13-17-3-5-19(6-4-17)15-30-16-22(23,24)25;/h3-10H,11-16H2,1-2H3,(H2,26,27,28);1H. The van der Waals surface area contributed by atoms with Crippen LogP contribution in [0, 0.1) is 0 Å². The fourth-order valence-corrected chi connectivity index (χ4v) is 2.58. The van der Waals surface area contributed by atoms with Crippen molar-refractivity contribution in [2.75, 3.05) is 34.0 Å². The lowest BCUT2D eigenvalue weighted by Gasteiger charge is -2.13. The van der Waals surface area contributed by atoms with Crippen LogP contribution in [0.3, 0.4) is 0 Å². The fraction of sp³-hybridized carbons (Fsp3) is 0.409. The zero-order chi connectivity index (χ0) is 22.5. The van der Waals surface area contributed by atoms with E-state index < -0.39 is 12.8 Å². The van der Waals surface area contributed by atoms with Crippen LogP contribution in [0.2, 0.25) is 0 Å². The molecule has 0 aliphatic heterocycles. The first kappa shape index (κ1) is 28.0. The van der Waals surface area contributed by atoms with Gasteiger partial charge in [-0.2, -0.15) is 13.2 Å². The third-order valence-electron chi connectivity index (χ3n) is 4.18. The molecule has 10 heteroatoms. The fourth-order valence-electron chi connectivity index (χ4n) is 2.58. The average Bonchev–Trinajstić information content (AvgIpc) is 2.75. The molecule has 0 spiro atoms. The highest BCUT2D eigenvalue weighted by Crippen LogP contribution is 2.16. The van der Waals surface area contributed by atoms with Crippen LogP contribution in [0.1, 0.15) is 16.7 Å². The number of nitrogens with zero attached hydrogens (tertiary/aromatic N) is 1. The zero-order valence-electron chi connectivity index (χ0n) is 18.1. The van der Waals surface area contributed by atoms with E-state index in [2.05, 4.69) is 20.4 Å². The van der Waals surface area contributed by atoms with Crippen molar-refractivity contribution in [3.63, 3.8) is 0 Å². The van der Waals surface area contributed by atoms with E-state index in [-0.39, 0.29) is 30.6 Å². The molecular formula is C22H29F3IN3O3. The Kier molecular flexibility index (Phi) is 13.0. The van der Waals surface area contributed by atoms with Gasteiger partial charge in [0.25, 0.3) is 0 Å². The summed E-state index contributed by atoms with van der Waals surface area (Å²) in [6.45, 7) is 0.837. The number of hydrogen-bond donors (Lipinski definition) is 2. The van der Waals surface area contributed by atoms with Gasteiger partial charge in [-0.05, 0) is 28.8 Å². The number of rotatable bonds is 11. The molecule has 0 bridgehead atoms. The lowest BCUT2D eigenvalue weighted by molar-refractivity contribution is -0.176. The molecule has 0 atom stereocenters. The second kappa shape index (κ2) is 14.9. The molecule has 0 radical (unpaired) electrons. The Labute approximate surface area is 203 Å². The van der Waals surface area contributed by atoms with Gasteiger partial charge < -0.3 is 24.8 Å². The molecular weight excluding hydrogens is 538 g/mol. The van der Waals surface area contributed by atoms with Crippen LogP contribution in [0.5, 0.6) is 5.75 Å². The predicted molar refractivity (Wildman–Crippen MR) is 128 cm³/mol. The Morgan fingerprint density at radius 2 is 1.41 bits per heavy atom. The molecule has 0 aromatic heterocycles. The van der Waals surface area contributed by atoms with Crippen LogP contribution in [0.15, 0.2) is 53.5 Å². The van der Waals surface area contributed by atoms with Crippen LogP contribution >= 0.6 is 24.0 Å². The van der Waals surface area contributed by atoms with E-state index in [1.54, 1.807) is 26.3 Å². The first-order valence-electron chi connectivity index (χ1n) is 9.77. The quantitative estimate of drug-likeness (QED) is 0.184. The van der Waals surface area contributed by atoms with Crippen molar-refractivity contribution < 1.29 is 27.4 Å². The van der Waals surface area contributed by atoms with Crippen LogP contribution in [0.25, 0.3) is 0 Å². The highest BCUT2D eigenvalue weighted by molar-refractivity contribution is 14.0. The molecule has 2 aromatic rings. The third kappa shape index (κ3) is 11.5. The molecule has 0 aliphatic rings. The van der Waals surface area contributed by atoms with Crippen LogP contribution in [0.4, 0.5) is 13.2 Å². The predicted octanol–water partition coefficient (Wildman–Crippen LogP) is 4.27. The summed E-state index contributed by atoms with van der Waals surface area (Å²) in [5.41, 5.74) is 2.73. The lowest BCUT2D eigenvalue weighted by atomic mass is 10.1. The second-order valence-corrected chi connectivity index (χ2v) is 6.69. The van der Waals surface area contributed by atoms with Gasteiger partial charge in [-0.1, -0.05) is 36.4 Å². The monoisotopic (exact) mass is 567 g/mol. The number of nitrogens with one attached hydrogen (secondary N) is 2. The van der Waals surface area contributed by atoms with Gasteiger partial charge in [-0.25, -0.2) is 0 Å². The summed E-state index contributed by atoms with van der Waals surface area (Å²) in [4.78, 5) is 4.20. The maximum absolute atomic E-state index is 12.1. The van der Waals surface area contributed by atoms with Crippen molar-refractivity contribution in [2.45, 2.75) is 25.9 Å². The minimum atomic E-state index is -4.31. The molecule has 0 heterocycles. The van der Waals surface area contributed by atoms with E-state index in [1.165, 1.54) is 0 Å². The van der Waals surface area contributed by atoms with Crippen LogP contribution in [-0.4, -0.2) is 46.1 Å². The molecule has 2 rings (SSSR count). The van der Waals surface area contributed by atoms with Gasteiger partial charge in [-0.15, -0.1) is 24.0 Å². The molecule has 0 amide bonds. The van der Waals surface area contributed by atoms with Crippen molar-refractivity contribution in [3.8, 4) is 5.75 Å². The summed E-state index contributed by atoms with van der Waals surface area (Å²) in [6.07, 6.45) is -4.31. The number of aliphatic imine (C=N–C) groups is 1. The van der Waals surface area contributed by atoms with Crippen molar-refractivity contribution in [1.29, 1.82) is 0 Å². The minimum Gasteiger partial charge on any atom is -0.491 e. The van der Waals surface area contributed by atoms with Gasteiger partial charge >= 0.3 is 6.18 Å². The molecule has 2 aromatic carbocycles. The Morgan fingerprint density at radius 1 is 0.875 bits per heavy atom. The van der Waals surface area contributed by atoms with Gasteiger partial charge in [0.2, 0.25) is 0 Å². The lowest BCUT2D eigenvalue weighted by Crippen LogP contribution is -2.36. The molecule has 0 fully saturated rings. The van der Waals surface area contributed by atoms with E-state index in [4.69, 9.17) is 9.47 Å². The van der Waals surface area contributed by atoms with E-state index in [9.17, 15) is 13.2 Å². The number of methoxy groups -OCH3 is 1. The van der Waals surface area contributed by atoms with Gasteiger partial charge in [0.1, 0.15) is 19.0 Å². The summed E-state index contributed by atoms with van der Waals surface area (Å²) >= 11 is 0. The summed E-state index contributed by atoms with van der Waals surface area (Å²) in [7, 11) is 3.31. The number of hydrogen-bond acceptors (Lipinski definition) is 4. The topological polar surface area (TPSA) is 64.1 Å². The van der Waals surface area contributed by atoms with Crippen molar-refractivity contribution in [2.24, 2.45) is 4.99 Å². The van der Waals surface area contributed by atoms with Crippen molar-refractivity contribution in [3.05, 3.63) is 65.2 Å². The molecule has 0 aliphatic carbocycles. The van der Waals surface area contributed by atoms with E-state index in [0.717, 1.165) is 16.9 Å². The molecule has 2 N–H and O–H groups in total. The summed E-state index contributed by atoms with van der Waals surface area (Å²) in [5.74, 6) is 1.42. The third-order valence-corrected chi connectivity index (χ3v) is 4.18. The Morgan fingerprint density at radius 3 is 1.91 bits per heavy atom. The van der Waals surface area contributed by atoms with Gasteiger partial charge in [0.15, 0.2) is 5.96 Å². The number of ether oxygens (including phenoxy) is 3. The summed E-state index contributed by atoms with van der Waals surface area (Å²) in [5, 5.41) is 6.44. The van der Waals surface area contributed by atoms with E-state index in [1.807, 2.05) is 36.4 Å². The highest BCUT2D eigenvalue weighted by atomic mass is 127. The Bertz CT molecular complexity index is 801. The molecule has 6 nitrogen and oxygen atoms in total. The van der Waals surface area contributed by atoms with Gasteiger partial charge in [0.05, 0.1) is 13.2 Å². The number of alkyl halides is 3. The Hall–Kier alpha value is -2.05. The number of benzene rings is 2. The van der Waals surface area contributed by atoms with Gasteiger partial charge in [0, 0.05) is 27.2 Å². The van der Waals surface area contributed by atoms with E-state index >= 15 is 0 Å². The van der Waals surface area contributed by atoms with Crippen LogP contribution in [-0.2, 0) is 29.2 Å². The number of guanidine groups is 1. The molecule has 0 saturated carbocycles. The Balaban J connectivity index is 0.00000512. The second-order valence-electron chi connectivity index (χ2n) is 6.69. The average molecular weight is 567 g/mol. The van der Waals surface area contributed by atoms with Crippen LogP contribution < -0.4 is 15.4 Å². The van der Waals surface area contributed by atoms with Crippen molar-refractivity contribution in [1.82, 2.24) is 10.6 Å². The normalized spacial score (nSPS) is 11.6. The summed E-state index contributed by atoms with van der Waals surface area (Å²) in [6, 6.07) is 14.9. The van der Waals surface area contributed by atoms with Gasteiger partial charge in [-0.3, -0.25) is 4.99 Å².